The first kappa shape index (κ1) is 24.7. The summed E-state index contributed by atoms with van der Waals surface area (Å²) in [5.74, 6) is 1.32. The minimum atomic E-state index is -0.741. The van der Waals surface area contributed by atoms with E-state index in [9.17, 15) is 15.0 Å². The van der Waals surface area contributed by atoms with Crippen LogP contribution in [0.5, 0.6) is 17.2 Å². The van der Waals surface area contributed by atoms with Crippen LogP contribution in [0, 0.1) is 0 Å². The monoisotopic (exact) mass is 430 g/mol. The first-order chi connectivity index (χ1) is 14.8. The maximum atomic E-state index is 12.7. The lowest BCUT2D eigenvalue weighted by atomic mass is 10.0. The van der Waals surface area contributed by atoms with Gasteiger partial charge in [0, 0.05) is 37.2 Å². The van der Waals surface area contributed by atoms with E-state index < -0.39 is 6.10 Å². The number of aromatic hydroxyl groups is 1. The number of carbonyl (C=O) groups is 1. The van der Waals surface area contributed by atoms with E-state index in [1.54, 1.807) is 37.4 Å². The van der Waals surface area contributed by atoms with Crippen LogP contribution in [0.25, 0.3) is 0 Å². The molecule has 2 aromatic rings. The molecular formula is C24H34N2O5. The molecule has 3 N–H and O–H groups in total. The van der Waals surface area contributed by atoms with E-state index in [2.05, 4.69) is 10.2 Å². The summed E-state index contributed by atoms with van der Waals surface area (Å²) in [4.78, 5) is 14.8. The number of rotatable bonds is 13. The van der Waals surface area contributed by atoms with Crippen LogP contribution in [0.4, 0.5) is 0 Å². The van der Waals surface area contributed by atoms with Crippen LogP contribution < -0.4 is 14.8 Å². The smallest absolute Gasteiger partial charge is 0.164 e. The molecule has 2 aromatic carbocycles. The lowest BCUT2D eigenvalue weighted by molar-refractivity contribution is 0.0971. The summed E-state index contributed by atoms with van der Waals surface area (Å²) < 4.78 is 11.1. The number of nitrogens with zero attached hydrogens (tertiary/aromatic N) is 1. The van der Waals surface area contributed by atoms with Crippen molar-refractivity contribution in [1.82, 2.24) is 10.2 Å². The Kier molecular flexibility index (Phi) is 9.78. The van der Waals surface area contributed by atoms with Crippen LogP contribution >= 0.6 is 0 Å². The van der Waals surface area contributed by atoms with Crippen LogP contribution in [-0.4, -0.2) is 67.8 Å². The Labute approximate surface area is 184 Å². The van der Waals surface area contributed by atoms with Gasteiger partial charge in [0.25, 0.3) is 0 Å². The van der Waals surface area contributed by atoms with Crippen LogP contribution in [0.15, 0.2) is 42.5 Å². The number of aliphatic hydroxyl groups excluding tert-OH is 1. The van der Waals surface area contributed by atoms with Crippen LogP contribution in [-0.2, 0) is 0 Å². The second kappa shape index (κ2) is 12.3. The standard InChI is InChI=1S/C24H34N2O5/c1-17(24(29)18-6-8-20(27)9-7-18)25-11-10-23(28)19-14-21(30-4)16-22(15-19)31-13-5-12-26(2)3/h6-9,14-17,24-25,27,29H,5,10-13H2,1-4H3. The molecule has 0 aromatic heterocycles. The molecular weight excluding hydrogens is 396 g/mol. The molecule has 2 atom stereocenters. The minimum absolute atomic E-state index is 0.0316. The molecule has 0 saturated heterocycles. The minimum Gasteiger partial charge on any atom is -0.508 e. The Hall–Kier alpha value is -2.61. The van der Waals surface area contributed by atoms with E-state index in [-0.39, 0.29) is 24.0 Å². The van der Waals surface area contributed by atoms with Gasteiger partial charge in [0.2, 0.25) is 0 Å². The highest BCUT2D eigenvalue weighted by molar-refractivity contribution is 5.97. The van der Waals surface area contributed by atoms with Crippen molar-refractivity contribution >= 4 is 5.78 Å². The van der Waals surface area contributed by atoms with E-state index in [4.69, 9.17) is 9.47 Å². The summed E-state index contributed by atoms with van der Waals surface area (Å²) >= 11 is 0. The molecule has 2 unspecified atom stereocenters. The number of hydrogen-bond donors (Lipinski definition) is 3. The zero-order valence-corrected chi connectivity index (χ0v) is 18.8. The average Bonchev–Trinajstić information content (AvgIpc) is 2.76. The fraction of sp³-hybridized carbons (Fsp3) is 0.458. The third-order valence-corrected chi connectivity index (χ3v) is 4.98. The normalized spacial score (nSPS) is 13.1. The van der Waals surface area contributed by atoms with Gasteiger partial charge in [-0.05, 0) is 57.3 Å². The maximum absolute atomic E-state index is 12.7. The van der Waals surface area contributed by atoms with Crippen LogP contribution in [0.1, 0.15) is 41.8 Å². The number of nitrogens with one attached hydrogen (secondary N) is 1. The third-order valence-electron chi connectivity index (χ3n) is 4.98. The molecule has 7 heteroatoms. The highest BCUT2D eigenvalue weighted by Gasteiger charge is 2.17. The number of benzene rings is 2. The quantitative estimate of drug-likeness (QED) is 0.332. The van der Waals surface area contributed by atoms with Crippen LogP contribution in [0.2, 0.25) is 0 Å². The van der Waals surface area contributed by atoms with Crippen molar-refractivity contribution < 1.29 is 24.5 Å². The van der Waals surface area contributed by atoms with E-state index in [1.807, 2.05) is 21.0 Å². The molecule has 0 saturated carbocycles. The lowest BCUT2D eigenvalue weighted by Crippen LogP contribution is -2.33. The van der Waals surface area contributed by atoms with Gasteiger partial charge in [-0.1, -0.05) is 12.1 Å². The largest absolute Gasteiger partial charge is 0.508 e. The molecule has 0 fully saturated rings. The van der Waals surface area contributed by atoms with Gasteiger partial charge in [-0.3, -0.25) is 4.79 Å². The van der Waals surface area contributed by atoms with E-state index in [1.165, 1.54) is 12.1 Å². The van der Waals surface area contributed by atoms with Gasteiger partial charge in [0.15, 0.2) is 5.78 Å². The van der Waals surface area contributed by atoms with Gasteiger partial charge >= 0.3 is 0 Å². The first-order valence-electron chi connectivity index (χ1n) is 10.5. The number of Topliss-reactive ketones (excluding diaryl/α,β-unsaturated/α-hetero) is 1. The summed E-state index contributed by atoms with van der Waals surface area (Å²) in [7, 11) is 5.59. The van der Waals surface area contributed by atoms with Gasteiger partial charge in [0.1, 0.15) is 17.2 Å². The molecule has 0 aliphatic rings. The Morgan fingerprint density at radius 1 is 1.13 bits per heavy atom. The maximum Gasteiger partial charge on any atom is 0.164 e. The number of methoxy groups -OCH3 is 1. The Morgan fingerprint density at radius 2 is 1.81 bits per heavy atom. The molecule has 0 spiro atoms. The van der Waals surface area contributed by atoms with Crippen molar-refractivity contribution in [3.05, 3.63) is 53.6 Å². The number of phenolic OH excluding ortho intramolecular Hbond substituents is 1. The van der Waals surface area contributed by atoms with Crippen molar-refractivity contribution in [1.29, 1.82) is 0 Å². The molecule has 2 rings (SSSR count). The van der Waals surface area contributed by atoms with Gasteiger partial charge in [-0.25, -0.2) is 0 Å². The zero-order chi connectivity index (χ0) is 22.8. The predicted molar refractivity (Wildman–Crippen MR) is 121 cm³/mol. The van der Waals surface area contributed by atoms with Crippen LogP contribution in [0.3, 0.4) is 0 Å². The van der Waals surface area contributed by atoms with Crippen molar-refractivity contribution in [2.45, 2.75) is 31.9 Å². The highest BCUT2D eigenvalue weighted by Crippen LogP contribution is 2.24. The fourth-order valence-corrected chi connectivity index (χ4v) is 3.13. The second-order valence-corrected chi connectivity index (χ2v) is 7.85. The van der Waals surface area contributed by atoms with Crippen molar-refractivity contribution in [3.8, 4) is 17.2 Å². The summed E-state index contributed by atoms with van der Waals surface area (Å²) in [5.41, 5.74) is 1.24. The third kappa shape index (κ3) is 8.20. The highest BCUT2D eigenvalue weighted by atomic mass is 16.5. The average molecular weight is 431 g/mol. The van der Waals surface area contributed by atoms with Gasteiger partial charge in [-0.2, -0.15) is 0 Å². The molecule has 0 radical (unpaired) electrons. The predicted octanol–water partition coefficient (Wildman–Crippen LogP) is 3.02. The molecule has 31 heavy (non-hydrogen) atoms. The summed E-state index contributed by atoms with van der Waals surface area (Å²) in [5, 5.41) is 23.0. The molecule has 170 valence electrons. The van der Waals surface area contributed by atoms with Crippen molar-refractivity contribution in [2.24, 2.45) is 0 Å². The number of aliphatic hydroxyl groups is 1. The van der Waals surface area contributed by atoms with E-state index >= 15 is 0 Å². The summed E-state index contributed by atoms with van der Waals surface area (Å²) in [6, 6.07) is 11.4. The number of carbonyl (C=O) groups excluding carboxylic acids is 1. The molecule has 0 bridgehead atoms. The number of ketones is 1. The Bertz CT molecular complexity index is 823. The van der Waals surface area contributed by atoms with Gasteiger partial charge in [-0.15, -0.1) is 0 Å². The van der Waals surface area contributed by atoms with E-state index in [0.29, 0.717) is 35.8 Å². The molecule has 0 aliphatic carbocycles. The first-order valence-corrected chi connectivity index (χ1v) is 10.5. The van der Waals surface area contributed by atoms with Gasteiger partial charge in [0.05, 0.1) is 19.8 Å². The van der Waals surface area contributed by atoms with Crippen molar-refractivity contribution in [3.63, 3.8) is 0 Å². The molecule has 0 amide bonds. The lowest BCUT2D eigenvalue weighted by Gasteiger charge is -2.20. The Balaban J connectivity index is 1.88. The SMILES string of the molecule is COc1cc(OCCCN(C)C)cc(C(=O)CCNC(C)C(O)c2ccc(O)cc2)c1. The number of ether oxygens (including phenoxy) is 2. The number of phenols is 1. The molecule has 0 heterocycles. The second-order valence-electron chi connectivity index (χ2n) is 7.85. The molecule has 0 aliphatic heterocycles. The van der Waals surface area contributed by atoms with E-state index in [0.717, 1.165) is 13.0 Å². The summed E-state index contributed by atoms with van der Waals surface area (Å²) in [6.45, 7) is 3.77. The summed E-state index contributed by atoms with van der Waals surface area (Å²) in [6.07, 6.45) is 0.424. The Morgan fingerprint density at radius 3 is 2.45 bits per heavy atom. The molecule has 7 nitrogen and oxygen atoms in total. The van der Waals surface area contributed by atoms with Gasteiger partial charge < -0.3 is 29.9 Å². The topological polar surface area (TPSA) is 91.3 Å². The zero-order valence-electron chi connectivity index (χ0n) is 18.8. The van der Waals surface area contributed by atoms with Crippen molar-refractivity contribution in [2.75, 3.05) is 40.9 Å². The number of hydrogen-bond acceptors (Lipinski definition) is 7. The fourth-order valence-electron chi connectivity index (χ4n) is 3.13.